The first-order valence-corrected chi connectivity index (χ1v) is 9.03. The number of aliphatic hydroxyl groups excluding tert-OH is 1. The largest absolute Gasteiger partial charge is 0.465 e. The van der Waals surface area contributed by atoms with Gasteiger partial charge in [0.05, 0.1) is 12.7 Å². The topological polar surface area (TPSA) is 76.1 Å². The number of hydrogen-bond acceptors (Lipinski definition) is 5. The molecule has 1 aliphatic rings. The van der Waals surface area contributed by atoms with Gasteiger partial charge in [0, 0.05) is 25.6 Å². The van der Waals surface area contributed by atoms with Crippen LogP contribution in [-0.2, 0) is 4.74 Å². The predicted octanol–water partition coefficient (Wildman–Crippen LogP) is 3.21. The van der Waals surface area contributed by atoms with Gasteiger partial charge in [0.25, 0.3) is 0 Å². The smallest absolute Gasteiger partial charge is 0.415 e. The summed E-state index contributed by atoms with van der Waals surface area (Å²) in [5.74, 6) is -0.559. The second-order valence-electron chi connectivity index (χ2n) is 6.72. The molecule has 1 heterocycles. The molecular formula is C21H22FNO5. The number of likely N-dealkylation sites (tertiary alicyclic amines) is 1. The van der Waals surface area contributed by atoms with Crippen molar-refractivity contribution in [1.29, 1.82) is 0 Å². The summed E-state index contributed by atoms with van der Waals surface area (Å²) in [7, 11) is 1.30. The van der Waals surface area contributed by atoms with Gasteiger partial charge in [0.1, 0.15) is 11.6 Å². The van der Waals surface area contributed by atoms with Gasteiger partial charge in [-0.25, -0.2) is 14.0 Å². The average molecular weight is 387 g/mol. The SMILES string of the molecule is COC(=O)c1ccc(OC(=O)N2CCC(c3ccc(F)cc3)C(CO)C2)cc1. The number of amides is 1. The first-order valence-electron chi connectivity index (χ1n) is 9.03. The highest BCUT2D eigenvalue weighted by Gasteiger charge is 2.33. The molecule has 0 aromatic heterocycles. The van der Waals surface area contributed by atoms with Gasteiger partial charge in [-0.3, -0.25) is 0 Å². The van der Waals surface area contributed by atoms with Crippen molar-refractivity contribution < 1.29 is 28.6 Å². The maximum atomic E-state index is 13.2. The zero-order chi connectivity index (χ0) is 20.1. The summed E-state index contributed by atoms with van der Waals surface area (Å²) < 4.78 is 23.2. The van der Waals surface area contributed by atoms with Crippen LogP contribution in [0.15, 0.2) is 48.5 Å². The monoisotopic (exact) mass is 387 g/mol. The van der Waals surface area contributed by atoms with Crippen LogP contribution in [0.2, 0.25) is 0 Å². The van der Waals surface area contributed by atoms with Crippen molar-refractivity contribution in [1.82, 2.24) is 4.90 Å². The number of ether oxygens (including phenoxy) is 2. The Balaban J connectivity index is 1.62. The summed E-state index contributed by atoms with van der Waals surface area (Å²) in [6, 6.07) is 12.3. The third-order valence-corrected chi connectivity index (χ3v) is 5.01. The van der Waals surface area contributed by atoms with Gasteiger partial charge in [0.15, 0.2) is 0 Å². The van der Waals surface area contributed by atoms with Crippen molar-refractivity contribution in [2.24, 2.45) is 5.92 Å². The molecule has 1 saturated heterocycles. The lowest BCUT2D eigenvalue weighted by atomic mass is 9.81. The summed E-state index contributed by atoms with van der Waals surface area (Å²) in [6.45, 7) is 0.731. The number of esters is 1. The zero-order valence-electron chi connectivity index (χ0n) is 15.5. The molecule has 7 heteroatoms. The van der Waals surface area contributed by atoms with Crippen LogP contribution in [0, 0.1) is 11.7 Å². The molecule has 6 nitrogen and oxygen atoms in total. The number of carbonyl (C=O) groups is 2. The molecule has 0 saturated carbocycles. The number of methoxy groups -OCH3 is 1. The third-order valence-electron chi connectivity index (χ3n) is 5.01. The molecule has 2 aromatic carbocycles. The van der Waals surface area contributed by atoms with Crippen molar-refractivity contribution >= 4 is 12.1 Å². The Morgan fingerprint density at radius 1 is 1.14 bits per heavy atom. The standard InChI is InChI=1S/C21H22FNO5/c1-27-20(25)15-4-8-18(9-5-15)28-21(26)23-11-10-19(16(12-23)13-24)14-2-6-17(22)7-3-14/h2-9,16,19,24H,10-13H2,1H3. The molecule has 3 rings (SSSR count). The molecule has 0 spiro atoms. The maximum absolute atomic E-state index is 13.2. The number of benzene rings is 2. The molecular weight excluding hydrogens is 365 g/mol. The van der Waals surface area contributed by atoms with Gasteiger partial charge in [-0.05, 0) is 54.3 Å². The minimum atomic E-state index is -0.512. The van der Waals surface area contributed by atoms with Gasteiger partial charge in [0.2, 0.25) is 0 Å². The van der Waals surface area contributed by atoms with Crippen molar-refractivity contribution in [2.75, 3.05) is 26.8 Å². The Labute approximate surface area is 162 Å². The fourth-order valence-corrected chi connectivity index (χ4v) is 3.47. The van der Waals surface area contributed by atoms with Crippen LogP contribution in [0.4, 0.5) is 9.18 Å². The van der Waals surface area contributed by atoms with Crippen LogP contribution >= 0.6 is 0 Å². The molecule has 1 aliphatic heterocycles. The summed E-state index contributed by atoms with van der Waals surface area (Å²) in [5, 5.41) is 9.78. The molecule has 148 valence electrons. The lowest BCUT2D eigenvalue weighted by molar-refractivity contribution is 0.0600. The van der Waals surface area contributed by atoms with Crippen LogP contribution in [0.25, 0.3) is 0 Å². The van der Waals surface area contributed by atoms with Crippen molar-refractivity contribution in [3.8, 4) is 5.75 Å². The van der Waals surface area contributed by atoms with E-state index in [9.17, 15) is 19.1 Å². The fourth-order valence-electron chi connectivity index (χ4n) is 3.47. The molecule has 1 N–H and O–H groups in total. The van der Waals surface area contributed by atoms with Crippen LogP contribution in [0.3, 0.4) is 0 Å². The van der Waals surface area contributed by atoms with E-state index in [0.717, 1.165) is 5.56 Å². The molecule has 1 amide bonds. The lowest BCUT2D eigenvalue weighted by Gasteiger charge is -2.37. The summed E-state index contributed by atoms with van der Waals surface area (Å²) in [6.07, 6.45) is 0.134. The Morgan fingerprint density at radius 2 is 1.82 bits per heavy atom. The highest BCUT2D eigenvalue weighted by Crippen LogP contribution is 2.33. The van der Waals surface area contributed by atoms with E-state index in [2.05, 4.69) is 4.74 Å². The number of rotatable bonds is 4. The first-order chi connectivity index (χ1) is 13.5. The van der Waals surface area contributed by atoms with Crippen molar-refractivity contribution in [3.63, 3.8) is 0 Å². The number of nitrogens with zero attached hydrogens (tertiary/aromatic N) is 1. The minimum Gasteiger partial charge on any atom is -0.465 e. The van der Waals surface area contributed by atoms with Crippen molar-refractivity contribution in [2.45, 2.75) is 12.3 Å². The summed E-state index contributed by atoms with van der Waals surface area (Å²) in [5.41, 5.74) is 1.31. The fraction of sp³-hybridized carbons (Fsp3) is 0.333. The van der Waals surface area contributed by atoms with Gasteiger partial charge >= 0.3 is 12.1 Å². The maximum Gasteiger partial charge on any atom is 0.415 e. The van der Waals surface area contributed by atoms with Gasteiger partial charge in [-0.1, -0.05) is 12.1 Å². The number of piperidine rings is 1. The van der Waals surface area contributed by atoms with E-state index in [4.69, 9.17) is 4.74 Å². The predicted molar refractivity (Wildman–Crippen MR) is 99.7 cm³/mol. The Morgan fingerprint density at radius 3 is 2.43 bits per heavy atom. The average Bonchev–Trinajstić information content (AvgIpc) is 2.73. The highest BCUT2D eigenvalue weighted by atomic mass is 19.1. The summed E-state index contributed by atoms with van der Waals surface area (Å²) in [4.78, 5) is 25.5. The minimum absolute atomic E-state index is 0.0500. The molecule has 0 bridgehead atoms. The van der Waals surface area contributed by atoms with E-state index < -0.39 is 12.1 Å². The third kappa shape index (κ3) is 4.48. The molecule has 0 radical (unpaired) electrons. The quantitative estimate of drug-likeness (QED) is 0.816. The molecule has 1 fully saturated rings. The van der Waals surface area contributed by atoms with E-state index in [1.165, 1.54) is 43.5 Å². The van der Waals surface area contributed by atoms with Crippen molar-refractivity contribution in [3.05, 3.63) is 65.5 Å². The Bertz CT molecular complexity index is 822. The molecule has 0 aliphatic carbocycles. The Kier molecular flexibility index (Phi) is 6.26. The van der Waals surface area contributed by atoms with E-state index in [1.807, 2.05) is 0 Å². The van der Waals surface area contributed by atoms with E-state index >= 15 is 0 Å². The van der Waals surface area contributed by atoms with Gasteiger partial charge in [-0.15, -0.1) is 0 Å². The molecule has 28 heavy (non-hydrogen) atoms. The second kappa shape index (κ2) is 8.84. The van der Waals surface area contributed by atoms with Crippen LogP contribution in [0.1, 0.15) is 28.3 Å². The first kappa shape index (κ1) is 19.8. The lowest BCUT2D eigenvalue weighted by Crippen LogP contribution is -2.45. The van der Waals surface area contributed by atoms with Gasteiger partial charge < -0.3 is 19.5 Å². The number of hydrogen-bond donors (Lipinski definition) is 1. The van der Waals surface area contributed by atoms with Gasteiger partial charge in [-0.2, -0.15) is 0 Å². The number of carbonyl (C=O) groups excluding carboxylic acids is 2. The highest BCUT2D eigenvalue weighted by molar-refractivity contribution is 5.89. The Hall–Kier alpha value is -2.93. The van der Waals surface area contributed by atoms with Crippen LogP contribution < -0.4 is 4.74 Å². The van der Waals surface area contributed by atoms with E-state index in [0.29, 0.717) is 30.8 Å². The molecule has 2 atom stereocenters. The van der Waals surface area contributed by atoms with E-state index in [-0.39, 0.29) is 24.3 Å². The van der Waals surface area contributed by atoms with Crippen LogP contribution in [-0.4, -0.2) is 48.9 Å². The molecule has 2 unspecified atom stereocenters. The number of aliphatic hydroxyl groups is 1. The normalized spacial score (nSPS) is 19.2. The van der Waals surface area contributed by atoms with Crippen LogP contribution in [0.5, 0.6) is 5.75 Å². The van der Waals surface area contributed by atoms with E-state index in [1.54, 1.807) is 17.0 Å². The molecule has 2 aromatic rings. The number of halogens is 1. The zero-order valence-corrected chi connectivity index (χ0v) is 15.5. The second-order valence-corrected chi connectivity index (χ2v) is 6.72. The summed E-state index contributed by atoms with van der Waals surface area (Å²) >= 11 is 0.